The average molecular weight is 581 g/mol. The van der Waals surface area contributed by atoms with Crippen molar-refractivity contribution in [1.82, 2.24) is 24.7 Å². The summed E-state index contributed by atoms with van der Waals surface area (Å²) >= 11 is 8.39. The van der Waals surface area contributed by atoms with Crippen molar-refractivity contribution < 1.29 is 13.6 Å². The van der Waals surface area contributed by atoms with Crippen LogP contribution in [0, 0.1) is 0 Å². The first-order chi connectivity index (χ1) is 14.8. The number of hydrazone groups is 1. The van der Waals surface area contributed by atoms with E-state index < -0.39 is 6.43 Å². The van der Waals surface area contributed by atoms with Crippen molar-refractivity contribution in [2.45, 2.75) is 38.9 Å². The number of rotatable bonds is 8. The van der Waals surface area contributed by atoms with Crippen LogP contribution in [0.15, 0.2) is 40.1 Å². The lowest BCUT2D eigenvalue weighted by Gasteiger charge is -2.35. The molecule has 166 valence electrons. The minimum absolute atomic E-state index is 0.00322. The predicted octanol–water partition coefficient (Wildman–Crippen LogP) is 4.52. The van der Waals surface area contributed by atoms with E-state index in [-0.39, 0.29) is 23.2 Å². The molecule has 7 nitrogen and oxygen atoms in total. The molecule has 2 atom stereocenters. The molecule has 0 saturated heterocycles. The highest BCUT2D eigenvalue weighted by molar-refractivity contribution is 14.2. The van der Waals surface area contributed by atoms with E-state index in [0.717, 1.165) is 11.4 Å². The Kier molecular flexibility index (Phi) is 8.35. The number of hydrogen-bond acceptors (Lipinski definition) is 6. The normalized spacial score (nSPS) is 17.5. The van der Waals surface area contributed by atoms with Crippen LogP contribution in [0.2, 0.25) is 0 Å². The Morgan fingerprint density at radius 3 is 2.90 bits per heavy atom. The number of fused-ring (bicyclic) bond motifs is 1. The first kappa shape index (κ1) is 24.0. The van der Waals surface area contributed by atoms with E-state index in [2.05, 4.69) is 37.5 Å². The van der Waals surface area contributed by atoms with Crippen LogP contribution in [-0.2, 0) is 24.3 Å². The third kappa shape index (κ3) is 5.59. The van der Waals surface area contributed by atoms with Gasteiger partial charge in [0.05, 0.1) is 37.1 Å². The number of carbonyl (C=O) groups excluding carboxylic acids is 1. The lowest BCUT2D eigenvalue weighted by molar-refractivity contribution is -0.104. The number of aromatic nitrogens is 3. The molecule has 3 rings (SSSR count). The number of hydrogen-bond donors (Lipinski definition) is 0. The van der Waals surface area contributed by atoms with Gasteiger partial charge in [0.25, 0.3) is 6.43 Å². The average Bonchev–Trinajstić information content (AvgIpc) is 3.14. The maximum atomic E-state index is 13.3. The smallest absolute Gasteiger partial charge is 0.264 e. The summed E-state index contributed by atoms with van der Waals surface area (Å²) in [5, 5.41) is 12.9. The molecule has 0 aliphatic carbocycles. The highest BCUT2D eigenvalue weighted by Crippen LogP contribution is 2.29. The zero-order chi connectivity index (χ0) is 22.5. The molecule has 0 saturated carbocycles. The molecular formula is C19H21ClF2IN6OP. The Morgan fingerprint density at radius 2 is 2.23 bits per heavy atom. The molecule has 0 bridgehead atoms. The van der Waals surface area contributed by atoms with Gasteiger partial charge >= 0.3 is 0 Å². The Hall–Kier alpha value is -1.65. The molecule has 0 radical (unpaired) electrons. The summed E-state index contributed by atoms with van der Waals surface area (Å²) < 4.78 is 30.1. The van der Waals surface area contributed by atoms with E-state index >= 15 is 0 Å². The lowest BCUT2D eigenvalue weighted by Crippen LogP contribution is -2.39. The SMILES string of the molecule is CC1Cc2c(nnn2Cc2ccccc2C(F)F)CN1/C(C=NN(C)PI)=C(\Cl)C=O. The van der Waals surface area contributed by atoms with E-state index in [0.29, 0.717) is 36.9 Å². The fourth-order valence-electron chi connectivity index (χ4n) is 3.42. The quantitative estimate of drug-likeness (QED) is 0.115. The third-order valence-electron chi connectivity index (χ3n) is 5.00. The Balaban J connectivity index is 1.88. The second-order valence-electron chi connectivity index (χ2n) is 7.02. The standard InChI is InChI=1S/C19H21ClF2IN6OP/c1-12-7-17-16(10-28(12)18(15(20)11-30)8-24-27(2)31-23)25-26-29(17)9-13-5-3-4-6-14(13)19(21)22/h3-6,8,11-12,19,31H,7,9-10H2,1-2H3/b18-15-,24-8?. The summed E-state index contributed by atoms with van der Waals surface area (Å²) in [5.41, 5.74) is 2.63. The van der Waals surface area contributed by atoms with Gasteiger partial charge in [-0.15, -0.1) is 5.10 Å². The zero-order valence-corrected chi connectivity index (χ0v) is 20.8. The van der Waals surface area contributed by atoms with E-state index in [4.69, 9.17) is 11.6 Å². The molecule has 12 heteroatoms. The van der Waals surface area contributed by atoms with Crippen molar-refractivity contribution in [2.24, 2.45) is 5.10 Å². The largest absolute Gasteiger partial charge is 0.360 e. The molecule has 1 aliphatic rings. The van der Waals surface area contributed by atoms with E-state index in [1.165, 1.54) is 6.07 Å². The molecule has 0 spiro atoms. The molecule has 2 unspecified atom stereocenters. The number of halogens is 4. The van der Waals surface area contributed by atoms with Crippen LogP contribution < -0.4 is 0 Å². The van der Waals surface area contributed by atoms with Crippen LogP contribution in [0.3, 0.4) is 0 Å². The number of alkyl halides is 2. The van der Waals surface area contributed by atoms with Crippen LogP contribution in [0.4, 0.5) is 8.78 Å². The summed E-state index contributed by atoms with van der Waals surface area (Å²) in [4.78, 5) is 13.3. The predicted molar refractivity (Wildman–Crippen MR) is 127 cm³/mol. The van der Waals surface area contributed by atoms with Gasteiger partial charge in [-0.1, -0.05) is 41.1 Å². The van der Waals surface area contributed by atoms with Gasteiger partial charge in [-0.3, -0.25) is 9.57 Å². The number of aldehydes is 1. The Bertz CT molecular complexity index is 1000. The topological polar surface area (TPSA) is 66.6 Å². The molecule has 0 fully saturated rings. The molecule has 1 aromatic heterocycles. The van der Waals surface area contributed by atoms with Gasteiger partial charge in [0, 0.05) is 25.1 Å². The monoisotopic (exact) mass is 580 g/mol. The zero-order valence-electron chi connectivity index (χ0n) is 16.8. The number of allylic oxidation sites excluding steroid dienone is 2. The molecule has 0 amide bonds. The Morgan fingerprint density at radius 1 is 1.48 bits per heavy atom. The van der Waals surface area contributed by atoms with Gasteiger partial charge < -0.3 is 4.90 Å². The van der Waals surface area contributed by atoms with Crippen molar-refractivity contribution in [3.63, 3.8) is 0 Å². The van der Waals surface area contributed by atoms with Crippen LogP contribution in [0.5, 0.6) is 0 Å². The van der Waals surface area contributed by atoms with Crippen LogP contribution >= 0.6 is 40.0 Å². The van der Waals surface area contributed by atoms with Crippen molar-refractivity contribution in [3.05, 3.63) is 57.5 Å². The fourth-order valence-corrected chi connectivity index (χ4v) is 4.05. The highest BCUT2D eigenvalue weighted by Gasteiger charge is 2.30. The maximum absolute atomic E-state index is 13.3. The van der Waals surface area contributed by atoms with E-state index in [1.54, 1.807) is 33.9 Å². The lowest BCUT2D eigenvalue weighted by atomic mass is 10.0. The van der Waals surface area contributed by atoms with Crippen molar-refractivity contribution in [3.8, 4) is 0 Å². The van der Waals surface area contributed by atoms with Crippen molar-refractivity contribution in [2.75, 3.05) is 7.05 Å². The number of benzene rings is 1. The van der Waals surface area contributed by atoms with E-state index in [9.17, 15) is 13.6 Å². The van der Waals surface area contributed by atoms with Gasteiger partial charge in [0.1, 0.15) is 10.7 Å². The van der Waals surface area contributed by atoms with Gasteiger partial charge in [0.15, 0.2) is 6.29 Å². The van der Waals surface area contributed by atoms with Crippen LogP contribution in [-0.4, -0.2) is 50.3 Å². The van der Waals surface area contributed by atoms with E-state index in [1.807, 2.05) is 18.9 Å². The van der Waals surface area contributed by atoms with Gasteiger partial charge in [-0.2, -0.15) is 5.10 Å². The fraction of sp³-hybridized carbons (Fsp3) is 0.368. The minimum atomic E-state index is -2.55. The van der Waals surface area contributed by atoms with Crippen LogP contribution in [0.25, 0.3) is 0 Å². The molecular weight excluding hydrogens is 560 g/mol. The van der Waals surface area contributed by atoms with Crippen LogP contribution in [0.1, 0.15) is 35.9 Å². The molecule has 1 aromatic carbocycles. The van der Waals surface area contributed by atoms with Gasteiger partial charge in [-0.05, 0) is 34.5 Å². The maximum Gasteiger partial charge on any atom is 0.264 e. The summed E-state index contributed by atoms with van der Waals surface area (Å²) in [6.45, 7) is 2.60. The van der Waals surface area contributed by atoms with Crippen molar-refractivity contribution >= 4 is 52.5 Å². The van der Waals surface area contributed by atoms with Gasteiger partial charge in [-0.25, -0.2) is 13.5 Å². The summed E-state index contributed by atoms with van der Waals surface area (Å²) in [6.07, 6.45) is 0.629. The molecule has 0 N–H and O–H groups in total. The third-order valence-corrected chi connectivity index (χ3v) is 7.74. The first-order valence-electron chi connectivity index (χ1n) is 9.38. The summed E-state index contributed by atoms with van der Waals surface area (Å²) in [5.74, 6) is 0. The molecule has 2 aromatic rings. The highest BCUT2D eigenvalue weighted by atomic mass is 127. The molecule has 2 heterocycles. The second kappa shape index (κ2) is 10.8. The van der Waals surface area contributed by atoms with Gasteiger partial charge in [0.2, 0.25) is 0 Å². The second-order valence-corrected chi connectivity index (χ2v) is 9.70. The first-order valence-corrected chi connectivity index (χ1v) is 13.8. The number of nitrogens with zero attached hydrogens (tertiary/aromatic N) is 6. The van der Waals surface area contributed by atoms with Crippen molar-refractivity contribution in [1.29, 1.82) is 0 Å². The summed E-state index contributed by atoms with van der Waals surface area (Å²) in [7, 11) is 1.83. The summed E-state index contributed by atoms with van der Waals surface area (Å²) in [6, 6.07) is 6.42. The number of carbonyl (C=O) groups is 1. The molecule has 31 heavy (non-hydrogen) atoms. The molecule has 1 aliphatic heterocycles. The Labute approximate surface area is 198 Å². The minimum Gasteiger partial charge on any atom is -0.360 e.